The van der Waals surface area contributed by atoms with Crippen molar-refractivity contribution in [2.45, 2.75) is 56.2 Å². The first-order chi connectivity index (χ1) is 27.9. The van der Waals surface area contributed by atoms with Gasteiger partial charge in [-0.05, 0) is 74.6 Å². The quantitative estimate of drug-likeness (QED) is 0.228. The maximum Gasteiger partial charge on any atom is 0.329 e. The van der Waals surface area contributed by atoms with E-state index in [1.807, 2.05) is 6.07 Å². The van der Waals surface area contributed by atoms with E-state index in [9.17, 15) is 24.0 Å². The predicted molar refractivity (Wildman–Crippen MR) is 209 cm³/mol. The fourth-order valence-corrected chi connectivity index (χ4v) is 9.83. The van der Waals surface area contributed by atoms with Gasteiger partial charge in [-0.3, -0.25) is 29.1 Å². The summed E-state index contributed by atoms with van der Waals surface area (Å²) >= 11 is 0. The highest BCUT2D eigenvalue weighted by Crippen LogP contribution is 2.53. The lowest BCUT2D eigenvalue weighted by molar-refractivity contribution is -0.120. The molecule has 4 aliphatic heterocycles. The van der Waals surface area contributed by atoms with Gasteiger partial charge in [0.05, 0.1) is 52.4 Å². The molecule has 5 aromatic rings. The van der Waals surface area contributed by atoms with Gasteiger partial charge in [0.2, 0.25) is 5.91 Å². The molecule has 15 nitrogen and oxygen atoms in total. The number of hydrogen-bond acceptors (Lipinski definition) is 11. The van der Waals surface area contributed by atoms with Crippen LogP contribution in [0.15, 0.2) is 53.6 Å². The van der Waals surface area contributed by atoms with Crippen molar-refractivity contribution in [3.05, 3.63) is 76.3 Å². The molecular weight excluding hydrogens is 751 g/mol. The van der Waals surface area contributed by atoms with E-state index in [1.54, 1.807) is 40.8 Å². The van der Waals surface area contributed by atoms with Crippen LogP contribution in [0.4, 0.5) is 30.8 Å². The number of nitrogens with two attached hydrogens (primary N) is 1. The lowest BCUT2D eigenvalue weighted by Crippen LogP contribution is -2.67. The predicted octanol–water partition coefficient (Wildman–Crippen LogP) is 4.72. The zero-order valence-corrected chi connectivity index (χ0v) is 31.7. The molecule has 6 heterocycles. The number of amides is 3. The van der Waals surface area contributed by atoms with Crippen molar-refractivity contribution >= 4 is 50.9 Å². The summed E-state index contributed by atoms with van der Waals surface area (Å²) in [6.07, 6.45) is 6.22. The van der Waals surface area contributed by atoms with Gasteiger partial charge in [-0.15, -0.1) is 0 Å². The zero-order chi connectivity index (χ0) is 40.1. The van der Waals surface area contributed by atoms with E-state index < -0.39 is 11.8 Å². The number of halogens is 2. The number of aromatic nitrogens is 4. The number of urea groups is 1. The van der Waals surface area contributed by atoms with Crippen LogP contribution < -0.4 is 31.1 Å². The first kappa shape index (κ1) is 36.2. The summed E-state index contributed by atoms with van der Waals surface area (Å²) in [5.74, 6) is -1.22. The molecule has 5 fully saturated rings. The molecule has 5 aliphatic rings. The third-order valence-corrected chi connectivity index (χ3v) is 13.0. The van der Waals surface area contributed by atoms with Crippen molar-refractivity contribution in [1.29, 1.82) is 5.26 Å². The minimum Gasteiger partial charge on any atom is -0.453 e. The van der Waals surface area contributed by atoms with Crippen LogP contribution in [0.2, 0.25) is 0 Å². The Kier molecular flexibility index (Phi) is 8.26. The van der Waals surface area contributed by atoms with E-state index in [1.165, 1.54) is 23.1 Å². The fourth-order valence-electron chi connectivity index (χ4n) is 9.83. The Morgan fingerprint density at radius 2 is 1.78 bits per heavy atom. The number of nitrogens with one attached hydrogen (secondary N) is 1. The molecule has 3 N–H and O–H groups in total. The summed E-state index contributed by atoms with van der Waals surface area (Å²) in [5.41, 5.74) is 7.11. The van der Waals surface area contributed by atoms with Gasteiger partial charge < -0.3 is 25.0 Å². The first-order valence-corrected chi connectivity index (χ1v) is 19.5. The molecule has 58 heavy (non-hydrogen) atoms. The normalized spacial score (nSPS) is 21.7. The van der Waals surface area contributed by atoms with Crippen LogP contribution in [0.25, 0.3) is 21.8 Å². The van der Waals surface area contributed by atoms with Crippen LogP contribution >= 0.6 is 0 Å². The summed E-state index contributed by atoms with van der Waals surface area (Å²) in [6.45, 7) is 3.92. The van der Waals surface area contributed by atoms with Crippen LogP contribution in [0.5, 0.6) is 11.5 Å². The molecule has 1 saturated carbocycles. The highest BCUT2D eigenvalue weighted by atomic mass is 19.1. The third-order valence-electron chi connectivity index (χ3n) is 13.0. The molecule has 1 aliphatic carbocycles. The average Bonchev–Trinajstić information content (AvgIpc) is 3.72. The molecular formula is C41H40F2N10O5. The molecule has 2 aromatic heterocycles. The topological polar surface area (TPSA) is 177 Å². The number of piperidine rings is 1. The minimum absolute atomic E-state index is 0.0884. The number of imide groups is 1. The molecule has 10 rings (SSSR count). The standard InChI is InChI=1S/C41H40F2N10O5/c1-49-33-14-34(30(43)13-27(33)37(48-49)52-9-6-35(54)47-39(52)56)51-20-40(21-51)15-23(16-40)50-10-7-41(8-11-50)17-24(19-57-41)53-22-46-32-5-2-25(12-26(32)38(53)55)58-36-28(18-44)31(45)4-3-29(36)42/h2-5,12-14,22-24H,6-11,15-17,19-21,45H2,1H3,(H,47,54,56). The van der Waals surface area contributed by atoms with Crippen LogP contribution in [0, 0.1) is 28.4 Å². The number of nitriles is 1. The van der Waals surface area contributed by atoms with Gasteiger partial charge in [-0.1, -0.05) is 0 Å². The Morgan fingerprint density at radius 3 is 2.53 bits per heavy atom. The Labute approximate surface area is 330 Å². The van der Waals surface area contributed by atoms with Crippen molar-refractivity contribution in [1.82, 2.24) is 29.5 Å². The van der Waals surface area contributed by atoms with Gasteiger partial charge in [0, 0.05) is 63.0 Å². The SMILES string of the molecule is Cn1nc(N2CCC(=O)NC2=O)c2cc(F)c(N3CC4(CC(N5CCC6(CC5)CC(n5cnc7ccc(Oc8c(F)ccc(N)c8C#N)cc7c5=O)CO6)C4)C3)cc21. The van der Waals surface area contributed by atoms with Crippen LogP contribution in [-0.4, -0.2) is 87.1 Å². The Morgan fingerprint density at radius 1 is 0.983 bits per heavy atom. The Bertz CT molecular complexity index is 2650. The lowest BCUT2D eigenvalue weighted by atomic mass is 9.59. The molecule has 3 aromatic carbocycles. The molecule has 4 saturated heterocycles. The van der Waals surface area contributed by atoms with Crippen molar-refractivity contribution in [3.8, 4) is 17.6 Å². The number of ether oxygens (including phenoxy) is 2. The summed E-state index contributed by atoms with van der Waals surface area (Å²) in [7, 11) is 1.77. The number of likely N-dealkylation sites (tertiary alicyclic amines) is 1. The summed E-state index contributed by atoms with van der Waals surface area (Å²) < 4.78 is 45.7. The van der Waals surface area contributed by atoms with E-state index in [0.29, 0.717) is 52.4 Å². The number of benzene rings is 3. The second-order valence-electron chi connectivity index (χ2n) is 16.5. The second-order valence-corrected chi connectivity index (χ2v) is 16.5. The highest BCUT2D eigenvalue weighted by molar-refractivity contribution is 6.09. The molecule has 298 valence electrons. The summed E-state index contributed by atoms with van der Waals surface area (Å²) in [4.78, 5) is 48.5. The second kappa shape index (κ2) is 13.2. The monoisotopic (exact) mass is 790 g/mol. The smallest absolute Gasteiger partial charge is 0.329 e. The van der Waals surface area contributed by atoms with E-state index in [0.717, 1.165) is 57.9 Å². The number of carbonyl (C=O) groups is 2. The summed E-state index contributed by atoms with van der Waals surface area (Å²) in [6, 6.07) is 12.0. The van der Waals surface area contributed by atoms with E-state index in [4.69, 9.17) is 15.2 Å². The average molecular weight is 791 g/mol. The number of nitrogen functional groups attached to an aromatic ring is 1. The molecule has 1 unspecified atom stereocenters. The largest absolute Gasteiger partial charge is 0.453 e. The number of carbonyl (C=O) groups excluding carboxylic acids is 2. The van der Waals surface area contributed by atoms with E-state index in [-0.39, 0.29) is 70.1 Å². The Balaban J connectivity index is 0.756. The van der Waals surface area contributed by atoms with Crippen molar-refractivity contribution in [2.24, 2.45) is 12.5 Å². The van der Waals surface area contributed by atoms with E-state index >= 15 is 4.39 Å². The maximum absolute atomic E-state index is 15.6. The van der Waals surface area contributed by atoms with Crippen molar-refractivity contribution in [3.63, 3.8) is 0 Å². The number of hydrogen-bond donors (Lipinski definition) is 2. The minimum atomic E-state index is -0.739. The van der Waals surface area contributed by atoms with Crippen molar-refractivity contribution in [2.75, 3.05) is 54.9 Å². The zero-order valence-electron chi connectivity index (χ0n) is 31.7. The molecule has 2 spiro atoms. The number of nitrogens with zero attached hydrogens (tertiary/aromatic N) is 8. The molecule has 0 radical (unpaired) electrons. The number of anilines is 3. The van der Waals surface area contributed by atoms with Crippen molar-refractivity contribution < 1.29 is 27.8 Å². The molecule has 17 heteroatoms. The van der Waals surface area contributed by atoms with Crippen LogP contribution in [0.1, 0.15) is 50.1 Å². The fraction of sp³-hybridized carbons (Fsp3) is 0.415. The number of rotatable bonds is 6. The highest BCUT2D eigenvalue weighted by Gasteiger charge is 2.55. The molecule has 1 atom stereocenters. The number of aryl methyl sites for hydroxylation is 1. The first-order valence-electron chi connectivity index (χ1n) is 19.5. The lowest BCUT2D eigenvalue weighted by Gasteiger charge is -2.62. The van der Waals surface area contributed by atoms with Gasteiger partial charge in [-0.25, -0.2) is 18.6 Å². The summed E-state index contributed by atoms with van der Waals surface area (Å²) in [5, 5.41) is 17.2. The van der Waals surface area contributed by atoms with Gasteiger partial charge in [-0.2, -0.15) is 10.4 Å². The van der Waals surface area contributed by atoms with Gasteiger partial charge >= 0.3 is 6.03 Å². The van der Waals surface area contributed by atoms with Crippen LogP contribution in [-0.2, 0) is 16.6 Å². The third kappa shape index (κ3) is 5.84. The number of fused-ring (bicyclic) bond motifs is 2. The van der Waals surface area contributed by atoms with Crippen LogP contribution in [0.3, 0.4) is 0 Å². The van der Waals surface area contributed by atoms with Gasteiger partial charge in [0.15, 0.2) is 17.4 Å². The molecule has 0 bridgehead atoms. The maximum atomic E-state index is 15.6. The Hall–Kier alpha value is -6.12. The van der Waals surface area contributed by atoms with Gasteiger partial charge in [0.25, 0.3) is 5.56 Å². The molecule has 3 amide bonds. The van der Waals surface area contributed by atoms with Gasteiger partial charge in [0.1, 0.15) is 23.2 Å². The van der Waals surface area contributed by atoms with E-state index in [2.05, 4.69) is 25.2 Å².